The molecule has 0 heterocycles. The Bertz CT molecular complexity index is 672. The average molecular weight is 313 g/mol. The molecule has 2 rings (SSSR count). The van der Waals surface area contributed by atoms with Crippen LogP contribution in [0.5, 0.6) is 0 Å². The zero-order valence-corrected chi connectivity index (χ0v) is 12.8. The van der Waals surface area contributed by atoms with E-state index in [1.165, 1.54) is 0 Å². The second-order valence-corrected chi connectivity index (χ2v) is 5.01. The van der Waals surface area contributed by atoms with Crippen molar-refractivity contribution in [1.29, 1.82) is 0 Å². The van der Waals surface area contributed by atoms with Crippen LogP contribution in [-0.4, -0.2) is 23.4 Å². The molecule has 2 aromatic rings. The van der Waals surface area contributed by atoms with Crippen LogP contribution in [0.1, 0.15) is 10.4 Å². The number of para-hydroxylation sites is 1. The van der Waals surface area contributed by atoms with Crippen LogP contribution in [-0.2, 0) is 0 Å². The molecule has 2 N–H and O–H groups in total. The van der Waals surface area contributed by atoms with Gasteiger partial charge in [-0.1, -0.05) is 48.2 Å². The Morgan fingerprint density at radius 2 is 1.50 bits per heavy atom. The van der Waals surface area contributed by atoms with Crippen molar-refractivity contribution in [3.63, 3.8) is 0 Å². The summed E-state index contributed by atoms with van der Waals surface area (Å²) < 4.78 is 0. The zero-order valence-electron chi connectivity index (χ0n) is 11.9. The van der Waals surface area contributed by atoms with Crippen molar-refractivity contribution in [2.24, 2.45) is 4.99 Å². The van der Waals surface area contributed by atoms with E-state index in [0.29, 0.717) is 11.3 Å². The van der Waals surface area contributed by atoms with E-state index in [2.05, 4.69) is 15.6 Å². The van der Waals surface area contributed by atoms with Crippen molar-refractivity contribution in [1.82, 2.24) is 10.6 Å². The lowest BCUT2D eigenvalue weighted by atomic mass is 10.2. The smallest absolute Gasteiger partial charge is 0.285 e. The number of thioether (sulfide) groups is 1. The number of nitrogens with zero attached hydrogens (tertiary/aromatic N) is 1. The fraction of sp³-hybridized carbons (Fsp3) is 0.0625. The number of amides is 2. The van der Waals surface area contributed by atoms with E-state index < -0.39 is 0 Å². The summed E-state index contributed by atoms with van der Waals surface area (Å²) >= 11 is 1.00. The fourth-order valence-electron chi connectivity index (χ4n) is 1.64. The van der Waals surface area contributed by atoms with E-state index in [1.54, 1.807) is 42.7 Å². The lowest BCUT2D eigenvalue weighted by Gasteiger charge is -2.09. The largest absolute Gasteiger partial charge is 0.292 e. The van der Waals surface area contributed by atoms with Crippen molar-refractivity contribution in [3.8, 4) is 0 Å². The molecule has 0 radical (unpaired) electrons. The Balaban J connectivity index is 2.19. The molecule has 0 fully saturated rings. The quantitative estimate of drug-likeness (QED) is 0.661. The second kappa shape index (κ2) is 7.99. The van der Waals surface area contributed by atoms with Crippen LogP contribution >= 0.6 is 11.8 Å². The van der Waals surface area contributed by atoms with Gasteiger partial charge in [0.1, 0.15) is 0 Å². The second-order valence-electron chi connectivity index (χ2n) is 4.23. The van der Waals surface area contributed by atoms with Crippen LogP contribution in [0.2, 0.25) is 0 Å². The minimum atomic E-state index is -0.336. The third kappa shape index (κ3) is 4.75. The highest BCUT2D eigenvalue weighted by molar-refractivity contribution is 8.13. The summed E-state index contributed by atoms with van der Waals surface area (Å²) in [7, 11) is 0. The summed E-state index contributed by atoms with van der Waals surface area (Å²) in [5, 5.41) is 4.87. The lowest BCUT2D eigenvalue weighted by molar-refractivity contribution is 0.0976. The molecule has 0 aromatic heterocycles. The van der Waals surface area contributed by atoms with Crippen molar-refractivity contribution in [2.45, 2.75) is 0 Å². The van der Waals surface area contributed by atoms with Gasteiger partial charge in [-0.25, -0.2) is 4.99 Å². The Hall–Kier alpha value is -2.60. The standard InChI is InChI=1S/C16H15N3O2S/c1-22-16(21)19-15(17-13-10-6-3-7-11-13)18-14(20)12-8-4-2-5-9-12/h2-11H,1H3,(H2,17,18,19,20,21). The van der Waals surface area contributed by atoms with E-state index in [-0.39, 0.29) is 17.1 Å². The highest BCUT2D eigenvalue weighted by Crippen LogP contribution is 2.09. The molecule has 0 aliphatic heterocycles. The average Bonchev–Trinajstić information content (AvgIpc) is 2.56. The number of guanidine groups is 1. The topological polar surface area (TPSA) is 70.6 Å². The first-order chi connectivity index (χ1) is 10.7. The minimum absolute atomic E-state index is 0.0967. The van der Waals surface area contributed by atoms with Gasteiger partial charge >= 0.3 is 0 Å². The molecule has 0 bridgehead atoms. The van der Waals surface area contributed by atoms with Crippen LogP contribution in [0, 0.1) is 0 Å². The van der Waals surface area contributed by atoms with E-state index in [9.17, 15) is 9.59 Å². The Morgan fingerprint density at radius 1 is 0.909 bits per heavy atom. The summed E-state index contributed by atoms with van der Waals surface area (Å²) in [5.41, 5.74) is 1.12. The summed E-state index contributed by atoms with van der Waals surface area (Å²) in [6.45, 7) is 0. The first-order valence-corrected chi connectivity index (χ1v) is 7.76. The molecule has 2 aromatic carbocycles. The van der Waals surface area contributed by atoms with Gasteiger partial charge in [0.25, 0.3) is 11.1 Å². The predicted molar refractivity (Wildman–Crippen MR) is 89.5 cm³/mol. The van der Waals surface area contributed by atoms with Gasteiger partial charge in [0, 0.05) is 5.56 Å². The molecule has 2 amide bonds. The number of hydrogen-bond donors (Lipinski definition) is 2. The van der Waals surface area contributed by atoms with Gasteiger partial charge in [-0.2, -0.15) is 0 Å². The fourth-order valence-corrected chi connectivity index (χ4v) is 1.83. The normalized spacial score (nSPS) is 10.9. The van der Waals surface area contributed by atoms with E-state index >= 15 is 0 Å². The first-order valence-electron chi connectivity index (χ1n) is 6.54. The Morgan fingerprint density at radius 3 is 2.09 bits per heavy atom. The molecule has 112 valence electrons. The van der Waals surface area contributed by atoms with E-state index in [1.807, 2.05) is 24.3 Å². The Labute approximate surface area is 132 Å². The van der Waals surface area contributed by atoms with Crippen molar-refractivity contribution < 1.29 is 9.59 Å². The van der Waals surface area contributed by atoms with Crippen molar-refractivity contribution in [3.05, 3.63) is 66.2 Å². The van der Waals surface area contributed by atoms with Gasteiger partial charge < -0.3 is 0 Å². The number of carbonyl (C=O) groups excluding carboxylic acids is 2. The molecule has 22 heavy (non-hydrogen) atoms. The van der Waals surface area contributed by atoms with E-state index in [4.69, 9.17) is 0 Å². The third-order valence-corrected chi connectivity index (χ3v) is 3.14. The minimum Gasteiger partial charge on any atom is -0.292 e. The summed E-state index contributed by atoms with van der Waals surface area (Å²) in [4.78, 5) is 28.0. The maximum atomic E-state index is 12.2. The third-order valence-electron chi connectivity index (χ3n) is 2.67. The number of hydrogen-bond acceptors (Lipinski definition) is 4. The maximum absolute atomic E-state index is 12.2. The summed E-state index contributed by atoms with van der Waals surface area (Å²) in [6, 6.07) is 17.8. The van der Waals surface area contributed by atoms with Crippen LogP contribution in [0.15, 0.2) is 65.7 Å². The van der Waals surface area contributed by atoms with Gasteiger partial charge in [-0.15, -0.1) is 0 Å². The molecule has 0 atom stereocenters. The predicted octanol–water partition coefficient (Wildman–Crippen LogP) is 3.18. The molecule has 6 heteroatoms. The molecular weight excluding hydrogens is 298 g/mol. The number of nitrogens with one attached hydrogen (secondary N) is 2. The van der Waals surface area contributed by atoms with Gasteiger partial charge in [0.15, 0.2) is 0 Å². The number of carbonyl (C=O) groups is 2. The van der Waals surface area contributed by atoms with Crippen LogP contribution < -0.4 is 10.6 Å². The summed E-state index contributed by atoms with van der Waals surface area (Å²) in [5.74, 6) is -0.240. The van der Waals surface area contributed by atoms with Gasteiger partial charge in [-0.05, 0) is 30.5 Å². The highest BCUT2D eigenvalue weighted by Gasteiger charge is 2.11. The van der Waals surface area contributed by atoms with Gasteiger partial charge in [0.05, 0.1) is 5.69 Å². The summed E-state index contributed by atoms with van der Waals surface area (Å²) in [6.07, 6.45) is 1.65. The molecule has 0 saturated carbocycles. The molecule has 0 aliphatic rings. The molecule has 0 spiro atoms. The SMILES string of the molecule is CSC(=O)NC(=Nc1ccccc1)NC(=O)c1ccccc1. The van der Waals surface area contributed by atoms with Crippen LogP contribution in [0.3, 0.4) is 0 Å². The molecule has 0 aliphatic carbocycles. The molecule has 5 nitrogen and oxygen atoms in total. The van der Waals surface area contributed by atoms with Gasteiger partial charge in [0.2, 0.25) is 5.96 Å². The lowest BCUT2D eigenvalue weighted by Crippen LogP contribution is -2.42. The van der Waals surface area contributed by atoms with Crippen LogP contribution in [0.4, 0.5) is 10.5 Å². The number of aliphatic imine (C=N–C) groups is 1. The number of benzene rings is 2. The number of rotatable bonds is 2. The van der Waals surface area contributed by atoms with Crippen molar-refractivity contribution in [2.75, 3.05) is 6.26 Å². The van der Waals surface area contributed by atoms with Gasteiger partial charge in [-0.3, -0.25) is 20.2 Å². The van der Waals surface area contributed by atoms with Crippen LogP contribution in [0.25, 0.3) is 0 Å². The monoisotopic (exact) mass is 313 g/mol. The zero-order chi connectivity index (χ0) is 15.8. The highest BCUT2D eigenvalue weighted by atomic mass is 32.2. The van der Waals surface area contributed by atoms with Crippen molar-refractivity contribution >= 4 is 34.6 Å². The maximum Gasteiger partial charge on any atom is 0.285 e. The molecule has 0 unspecified atom stereocenters. The Kier molecular flexibility index (Phi) is 5.73. The first kappa shape index (κ1) is 15.8. The molecule has 0 saturated heterocycles. The molecular formula is C16H15N3O2S. The van der Waals surface area contributed by atoms with E-state index in [0.717, 1.165) is 11.8 Å².